The fourth-order valence-electron chi connectivity index (χ4n) is 6.56. The molecule has 0 bridgehead atoms. The molecule has 2 aliphatic heterocycles. The highest BCUT2D eigenvalue weighted by Crippen LogP contribution is 2.57. The number of alkyl halides is 7. The molecule has 5 rings (SSSR count). The Morgan fingerprint density at radius 3 is 2.11 bits per heavy atom. The molecule has 3 aliphatic rings. The van der Waals surface area contributed by atoms with Gasteiger partial charge in [0.2, 0.25) is 5.91 Å². The lowest BCUT2D eigenvalue weighted by molar-refractivity contribution is -0.348. The minimum Gasteiger partial charge on any atom is -0.337 e. The summed E-state index contributed by atoms with van der Waals surface area (Å²) in [6, 6.07) is 3.94. The van der Waals surface area contributed by atoms with E-state index in [2.05, 4.69) is 0 Å². The van der Waals surface area contributed by atoms with Gasteiger partial charge in [-0.05, 0) is 68.0 Å². The zero-order valence-electron chi connectivity index (χ0n) is 23.8. The van der Waals surface area contributed by atoms with Gasteiger partial charge in [0.05, 0.1) is 29.6 Å². The maximum Gasteiger partial charge on any atom is 0.435 e. The molecular weight excluding hydrogens is 661 g/mol. The predicted octanol–water partition coefficient (Wildman–Crippen LogP) is 6.60. The smallest absolute Gasteiger partial charge is 0.337 e. The number of amides is 1. The van der Waals surface area contributed by atoms with Crippen molar-refractivity contribution in [3.63, 3.8) is 0 Å². The molecule has 2 atom stereocenters. The van der Waals surface area contributed by atoms with Crippen molar-refractivity contribution in [1.82, 2.24) is 4.90 Å². The average molecular weight is 690 g/mol. The van der Waals surface area contributed by atoms with E-state index in [0.29, 0.717) is 6.07 Å². The van der Waals surface area contributed by atoms with Crippen LogP contribution in [0.15, 0.2) is 47.4 Å². The second-order valence-electron chi connectivity index (χ2n) is 11.9. The summed E-state index contributed by atoms with van der Waals surface area (Å²) < 4.78 is 160. The van der Waals surface area contributed by atoms with Crippen LogP contribution in [0.4, 0.5) is 35.1 Å². The van der Waals surface area contributed by atoms with Crippen molar-refractivity contribution < 1.29 is 61.9 Å². The van der Waals surface area contributed by atoms with Crippen molar-refractivity contribution >= 4 is 23.3 Å². The highest BCUT2D eigenvalue weighted by molar-refractivity contribution is 7.92. The normalized spacial score (nSPS) is 29.6. The van der Waals surface area contributed by atoms with Gasteiger partial charge in [-0.1, -0.05) is 18.2 Å². The predicted molar refractivity (Wildman–Crippen MR) is 143 cm³/mol. The van der Waals surface area contributed by atoms with Crippen molar-refractivity contribution in [2.24, 2.45) is 5.41 Å². The fraction of sp³-hybridized carbons (Fsp3) is 0.536. The van der Waals surface area contributed by atoms with Crippen LogP contribution in [-0.2, 0) is 45.1 Å². The van der Waals surface area contributed by atoms with Gasteiger partial charge in [0.15, 0.2) is 9.84 Å². The number of halogens is 8. The summed E-state index contributed by atoms with van der Waals surface area (Å²) in [7, 11) is -8.09. The Hall–Kier alpha value is -2.55. The Morgan fingerprint density at radius 2 is 1.56 bits per heavy atom. The number of benzene rings is 2. The van der Waals surface area contributed by atoms with Gasteiger partial charge in [-0.2, -0.15) is 26.3 Å². The number of carbonyl (C=O) groups is 1. The summed E-state index contributed by atoms with van der Waals surface area (Å²) in [5.74, 6) is -1.39. The maximum atomic E-state index is 15.1. The molecule has 0 radical (unpaired) electrons. The third-order valence-electron chi connectivity index (χ3n) is 8.92. The summed E-state index contributed by atoms with van der Waals surface area (Å²) in [6.07, 6.45) is -13.4. The molecule has 7 nitrogen and oxygen atoms in total. The summed E-state index contributed by atoms with van der Waals surface area (Å²) in [4.78, 5) is 14.9. The number of likely N-dealkylation sites (tertiary alicyclic amines) is 1. The summed E-state index contributed by atoms with van der Waals surface area (Å²) in [5, 5.41) is 0. The first-order chi connectivity index (χ1) is 20.6. The van der Waals surface area contributed by atoms with E-state index in [0.717, 1.165) is 30.3 Å². The molecule has 1 aliphatic carbocycles. The molecule has 2 fully saturated rings. The quantitative estimate of drug-likeness (QED) is 0.204. The SMILES string of the molecule is CC1(C(=O)N2CC[C@]3(S(=O)(=O)c4ccc(F)cc4)c4ccc(C(F)(C(F)(F)F)C(F)(F)F)cc4CCC[C@H]23)COP(C)(=O)OC1. The van der Waals surface area contributed by atoms with Crippen LogP contribution in [0.5, 0.6) is 0 Å². The molecule has 1 amide bonds. The van der Waals surface area contributed by atoms with Gasteiger partial charge < -0.3 is 13.9 Å². The Morgan fingerprint density at radius 1 is 0.978 bits per heavy atom. The van der Waals surface area contributed by atoms with Crippen LogP contribution in [-0.4, -0.2) is 64.0 Å². The monoisotopic (exact) mass is 689 g/mol. The molecule has 45 heavy (non-hydrogen) atoms. The zero-order chi connectivity index (χ0) is 33.4. The van der Waals surface area contributed by atoms with Crippen molar-refractivity contribution in [2.75, 3.05) is 26.4 Å². The summed E-state index contributed by atoms with van der Waals surface area (Å²) in [6.45, 7) is 1.83. The van der Waals surface area contributed by atoms with E-state index in [9.17, 15) is 48.5 Å². The fourth-order valence-corrected chi connectivity index (χ4v) is 10.0. The van der Waals surface area contributed by atoms with Crippen LogP contribution in [0.2, 0.25) is 0 Å². The van der Waals surface area contributed by atoms with Crippen LogP contribution >= 0.6 is 7.60 Å². The first kappa shape index (κ1) is 33.8. The van der Waals surface area contributed by atoms with Crippen LogP contribution in [0, 0.1) is 11.2 Å². The lowest BCUT2D eigenvalue weighted by Crippen LogP contribution is -2.54. The molecule has 0 aromatic heterocycles. The lowest BCUT2D eigenvalue weighted by Gasteiger charge is -2.42. The third-order valence-corrected chi connectivity index (χ3v) is 12.7. The van der Waals surface area contributed by atoms with E-state index in [-0.39, 0.29) is 62.6 Å². The number of nitrogens with zero attached hydrogens (tertiary/aromatic N) is 1. The van der Waals surface area contributed by atoms with Gasteiger partial charge in [-0.25, -0.2) is 17.2 Å². The van der Waals surface area contributed by atoms with Crippen molar-refractivity contribution in [1.29, 1.82) is 0 Å². The van der Waals surface area contributed by atoms with E-state index in [1.54, 1.807) is 0 Å². The number of hydrogen-bond acceptors (Lipinski definition) is 6. The molecule has 2 aromatic rings. The lowest BCUT2D eigenvalue weighted by atomic mass is 9.84. The number of hydrogen-bond donors (Lipinski definition) is 0. The molecule has 2 saturated heterocycles. The second kappa shape index (κ2) is 10.7. The Kier molecular flexibility index (Phi) is 8.07. The van der Waals surface area contributed by atoms with Gasteiger partial charge in [-0.3, -0.25) is 9.36 Å². The van der Waals surface area contributed by atoms with Gasteiger partial charge in [0.1, 0.15) is 10.6 Å². The van der Waals surface area contributed by atoms with Crippen molar-refractivity contribution in [3.8, 4) is 0 Å². The van der Waals surface area contributed by atoms with E-state index in [1.807, 2.05) is 0 Å². The van der Waals surface area contributed by atoms with Gasteiger partial charge >= 0.3 is 25.6 Å². The second-order valence-corrected chi connectivity index (χ2v) is 16.2. The summed E-state index contributed by atoms with van der Waals surface area (Å²) in [5.41, 5.74) is -9.35. The Bertz CT molecular complexity index is 1640. The Labute approximate surface area is 253 Å². The summed E-state index contributed by atoms with van der Waals surface area (Å²) >= 11 is 0. The van der Waals surface area contributed by atoms with Crippen LogP contribution in [0.3, 0.4) is 0 Å². The molecule has 2 aromatic carbocycles. The minimum atomic E-state index is -6.39. The largest absolute Gasteiger partial charge is 0.435 e. The number of fused-ring (bicyclic) bond motifs is 3. The molecule has 248 valence electrons. The number of rotatable bonds is 4. The van der Waals surface area contributed by atoms with E-state index in [4.69, 9.17) is 9.05 Å². The molecule has 0 spiro atoms. The van der Waals surface area contributed by atoms with Crippen LogP contribution in [0.25, 0.3) is 0 Å². The maximum absolute atomic E-state index is 15.1. The Balaban J connectivity index is 1.70. The van der Waals surface area contributed by atoms with Crippen molar-refractivity contribution in [3.05, 3.63) is 65.0 Å². The molecule has 17 heteroatoms. The first-order valence-corrected chi connectivity index (χ1v) is 17.2. The standard InChI is InChI=1S/C28H28F8NO6PS/c1-24(15-42-44(2,39)43-16-24)23(38)37-13-12-25(45(40,41)20-9-7-19(29)8-10-20)21-11-6-18(14-17(21)4-3-5-22(25)37)26(30,27(31,32)33)28(34,35)36/h6-11,14,22H,3-5,12-13,15-16H2,1-2H3/t22-,24?,25-,44?/m0/s1. The molecule has 0 unspecified atom stereocenters. The van der Waals surface area contributed by atoms with Crippen LogP contribution in [0.1, 0.15) is 42.9 Å². The highest BCUT2D eigenvalue weighted by atomic mass is 32.2. The van der Waals surface area contributed by atoms with Gasteiger partial charge in [-0.15, -0.1) is 0 Å². The van der Waals surface area contributed by atoms with E-state index < -0.39 is 73.8 Å². The zero-order valence-corrected chi connectivity index (χ0v) is 25.6. The number of aryl methyl sites for hydroxylation is 1. The van der Waals surface area contributed by atoms with Gasteiger partial charge in [0.25, 0.3) is 0 Å². The van der Waals surface area contributed by atoms with Crippen LogP contribution < -0.4 is 0 Å². The molecule has 2 heterocycles. The molecular formula is C28H28F8NO6PS. The van der Waals surface area contributed by atoms with E-state index in [1.165, 1.54) is 18.5 Å². The van der Waals surface area contributed by atoms with E-state index >= 15 is 4.39 Å². The third kappa shape index (κ3) is 5.19. The molecule has 0 N–H and O–H groups in total. The first-order valence-electron chi connectivity index (χ1n) is 13.7. The molecule has 0 saturated carbocycles. The average Bonchev–Trinajstić information content (AvgIpc) is 3.25. The highest BCUT2D eigenvalue weighted by Gasteiger charge is 2.74. The van der Waals surface area contributed by atoms with Gasteiger partial charge in [0, 0.05) is 18.8 Å². The minimum absolute atomic E-state index is 0.0107. The van der Waals surface area contributed by atoms with Crippen molar-refractivity contribution in [2.45, 2.75) is 66.3 Å². The number of carbonyl (C=O) groups excluding carboxylic acids is 1. The number of sulfone groups is 1. The topological polar surface area (TPSA) is 90.0 Å².